The number of anilines is 1. The Labute approximate surface area is 148 Å². The highest BCUT2D eigenvalue weighted by Gasteiger charge is 2.14. The first-order valence-corrected chi connectivity index (χ1v) is 7.81. The standard InChI is InChI=1S/C17H15N5O4/c1-2-18-15-8-7-14(22(25)26)9-17(15)20-10-16(19-11-20)12-3-5-13(6-4-12)21(23)24/h3-11,18H,2H2,1H3. The number of nitro groups is 2. The lowest BCUT2D eigenvalue weighted by atomic mass is 10.1. The van der Waals surface area contributed by atoms with Crippen LogP contribution in [0.2, 0.25) is 0 Å². The van der Waals surface area contributed by atoms with Crippen LogP contribution in [0, 0.1) is 20.2 Å². The van der Waals surface area contributed by atoms with E-state index in [1.54, 1.807) is 35.3 Å². The van der Waals surface area contributed by atoms with Gasteiger partial charge < -0.3 is 9.88 Å². The summed E-state index contributed by atoms with van der Waals surface area (Å²) >= 11 is 0. The predicted molar refractivity (Wildman–Crippen MR) is 96.5 cm³/mol. The van der Waals surface area contributed by atoms with Gasteiger partial charge in [0, 0.05) is 42.6 Å². The van der Waals surface area contributed by atoms with Crippen LogP contribution in [0.15, 0.2) is 55.0 Å². The van der Waals surface area contributed by atoms with E-state index in [2.05, 4.69) is 10.3 Å². The fourth-order valence-corrected chi connectivity index (χ4v) is 2.54. The minimum absolute atomic E-state index is 0.00120. The van der Waals surface area contributed by atoms with Gasteiger partial charge in [0.1, 0.15) is 0 Å². The maximum absolute atomic E-state index is 11.1. The molecule has 2 aromatic carbocycles. The minimum atomic E-state index is -0.464. The molecule has 0 saturated heterocycles. The monoisotopic (exact) mass is 353 g/mol. The highest BCUT2D eigenvalue weighted by Crippen LogP contribution is 2.28. The van der Waals surface area contributed by atoms with E-state index in [0.717, 1.165) is 5.69 Å². The van der Waals surface area contributed by atoms with Crippen LogP contribution in [0.5, 0.6) is 0 Å². The average molecular weight is 353 g/mol. The van der Waals surface area contributed by atoms with Gasteiger partial charge in [0.15, 0.2) is 0 Å². The Balaban J connectivity index is 1.99. The summed E-state index contributed by atoms with van der Waals surface area (Å²) < 4.78 is 1.68. The zero-order valence-electron chi connectivity index (χ0n) is 13.8. The fourth-order valence-electron chi connectivity index (χ4n) is 2.54. The van der Waals surface area contributed by atoms with Crippen molar-refractivity contribution < 1.29 is 9.85 Å². The zero-order chi connectivity index (χ0) is 18.7. The second-order valence-electron chi connectivity index (χ2n) is 5.46. The van der Waals surface area contributed by atoms with E-state index in [4.69, 9.17) is 0 Å². The van der Waals surface area contributed by atoms with Gasteiger partial charge >= 0.3 is 0 Å². The summed E-state index contributed by atoms with van der Waals surface area (Å²) in [6.45, 7) is 2.59. The molecule has 3 aromatic rings. The van der Waals surface area contributed by atoms with E-state index in [9.17, 15) is 20.2 Å². The SMILES string of the molecule is CCNc1ccc([N+](=O)[O-])cc1-n1cnc(-c2ccc([N+](=O)[O-])cc2)c1. The van der Waals surface area contributed by atoms with Crippen molar-refractivity contribution in [3.05, 3.63) is 75.2 Å². The lowest BCUT2D eigenvalue weighted by Crippen LogP contribution is -2.03. The highest BCUT2D eigenvalue weighted by molar-refractivity contribution is 5.67. The molecule has 1 N–H and O–H groups in total. The first-order chi connectivity index (χ1) is 12.5. The molecule has 9 heteroatoms. The van der Waals surface area contributed by atoms with Crippen molar-refractivity contribution in [2.24, 2.45) is 0 Å². The molecule has 0 fully saturated rings. The molecule has 1 aromatic heterocycles. The van der Waals surface area contributed by atoms with Crippen LogP contribution in [-0.4, -0.2) is 25.9 Å². The Hall–Kier alpha value is -3.75. The fraction of sp³-hybridized carbons (Fsp3) is 0.118. The van der Waals surface area contributed by atoms with E-state index in [-0.39, 0.29) is 11.4 Å². The summed E-state index contributed by atoms with van der Waals surface area (Å²) in [6, 6.07) is 10.6. The predicted octanol–water partition coefficient (Wildman–Crippen LogP) is 3.79. The molecule has 132 valence electrons. The summed E-state index contributed by atoms with van der Waals surface area (Å²) in [5.41, 5.74) is 2.64. The van der Waals surface area contributed by atoms with Gasteiger partial charge in [-0.15, -0.1) is 0 Å². The Morgan fingerprint density at radius 1 is 1.04 bits per heavy atom. The molecule has 26 heavy (non-hydrogen) atoms. The number of non-ortho nitro benzene ring substituents is 2. The van der Waals surface area contributed by atoms with E-state index in [1.807, 2.05) is 6.92 Å². The van der Waals surface area contributed by atoms with Crippen molar-refractivity contribution in [2.45, 2.75) is 6.92 Å². The molecular weight excluding hydrogens is 338 g/mol. The third-order valence-corrected chi connectivity index (χ3v) is 3.79. The van der Waals surface area contributed by atoms with Crippen molar-refractivity contribution in [1.82, 2.24) is 9.55 Å². The molecule has 0 spiro atoms. The van der Waals surface area contributed by atoms with Crippen molar-refractivity contribution in [2.75, 3.05) is 11.9 Å². The first kappa shape index (κ1) is 17.1. The second-order valence-corrected chi connectivity index (χ2v) is 5.46. The third-order valence-electron chi connectivity index (χ3n) is 3.79. The van der Waals surface area contributed by atoms with Crippen LogP contribution in [0.1, 0.15) is 6.92 Å². The van der Waals surface area contributed by atoms with Crippen LogP contribution in [0.25, 0.3) is 16.9 Å². The number of nitro benzene ring substituents is 2. The molecular formula is C17H15N5O4. The van der Waals surface area contributed by atoms with Crippen molar-refractivity contribution in [3.8, 4) is 16.9 Å². The smallest absolute Gasteiger partial charge is 0.271 e. The number of rotatable bonds is 6. The summed E-state index contributed by atoms with van der Waals surface area (Å²) in [4.78, 5) is 25.2. The second kappa shape index (κ2) is 7.01. The van der Waals surface area contributed by atoms with Crippen molar-refractivity contribution >= 4 is 17.1 Å². The molecule has 0 aliphatic rings. The van der Waals surface area contributed by atoms with Crippen LogP contribution in [0.3, 0.4) is 0 Å². The number of benzene rings is 2. The van der Waals surface area contributed by atoms with Gasteiger partial charge in [0.25, 0.3) is 11.4 Å². The van der Waals surface area contributed by atoms with Gasteiger partial charge in [0.2, 0.25) is 0 Å². The topological polar surface area (TPSA) is 116 Å². The van der Waals surface area contributed by atoms with Gasteiger partial charge in [-0.3, -0.25) is 20.2 Å². The van der Waals surface area contributed by atoms with Crippen LogP contribution < -0.4 is 5.32 Å². The van der Waals surface area contributed by atoms with Gasteiger partial charge in [-0.2, -0.15) is 0 Å². The summed E-state index contributed by atoms with van der Waals surface area (Å²) in [5, 5.41) is 25.0. The zero-order valence-corrected chi connectivity index (χ0v) is 13.8. The molecule has 0 aliphatic heterocycles. The van der Waals surface area contributed by atoms with E-state index in [1.165, 1.54) is 24.3 Å². The normalized spacial score (nSPS) is 10.5. The Morgan fingerprint density at radius 3 is 2.31 bits per heavy atom. The van der Waals surface area contributed by atoms with E-state index >= 15 is 0 Å². The summed E-state index contributed by atoms with van der Waals surface area (Å²) in [6.07, 6.45) is 3.28. The molecule has 0 atom stereocenters. The molecule has 3 rings (SSSR count). The molecule has 0 unspecified atom stereocenters. The molecule has 0 amide bonds. The lowest BCUT2D eigenvalue weighted by molar-refractivity contribution is -0.385. The van der Waals surface area contributed by atoms with E-state index < -0.39 is 9.85 Å². The maximum atomic E-state index is 11.1. The number of hydrogen-bond donors (Lipinski definition) is 1. The first-order valence-electron chi connectivity index (χ1n) is 7.81. The number of nitrogens with zero attached hydrogens (tertiary/aromatic N) is 4. The molecule has 0 bridgehead atoms. The average Bonchev–Trinajstić information content (AvgIpc) is 3.12. The number of hydrogen-bond acceptors (Lipinski definition) is 6. The van der Waals surface area contributed by atoms with Crippen molar-refractivity contribution in [3.63, 3.8) is 0 Å². The highest BCUT2D eigenvalue weighted by atomic mass is 16.6. The van der Waals surface area contributed by atoms with Crippen molar-refractivity contribution in [1.29, 1.82) is 0 Å². The molecule has 0 aliphatic carbocycles. The van der Waals surface area contributed by atoms with Gasteiger partial charge in [-0.25, -0.2) is 4.98 Å². The van der Waals surface area contributed by atoms with Gasteiger partial charge in [-0.1, -0.05) is 0 Å². The largest absolute Gasteiger partial charge is 0.384 e. The molecule has 0 radical (unpaired) electrons. The number of imidazole rings is 1. The van der Waals surface area contributed by atoms with Crippen LogP contribution in [0.4, 0.5) is 17.1 Å². The maximum Gasteiger partial charge on any atom is 0.271 e. The number of aromatic nitrogens is 2. The quantitative estimate of drug-likeness (QED) is 0.532. The Kier molecular flexibility index (Phi) is 4.61. The van der Waals surface area contributed by atoms with Crippen LogP contribution in [-0.2, 0) is 0 Å². The lowest BCUT2D eigenvalue weighted by Gasteiger charge is -2.11. The van der Waals surface area contributed by atoms with Gasteiger partial charge in [-0.05, 0) is 25.1 Å². The molecule has 1 heterocycles. The van der Waals surface area contributed by atoms with Crippen LogP contribution >= 0.6 is 0 Å². The summed E-state index contributed by atoms with van der Waals surface area (Å²) in [7, 11) is 0. The minimum Gasteiger partial charge on any atom is -0.384 e. The summed E-state index contributed by atoms with van der Waals surface area (Å²) in [5.74, 6) is 0. The third kappa shape index (κ3) is 3.36. The molecule has 9 nitrogen and oxygen atoms in total. The van der Waals surface area contributed by atoms with E-state index in [0.29, 0.717) is 23.5 Å². The Morgan fingerprint density at radius 2 is 1.69 bits per heavy atom. The number of nitrogens with one attached hydrogen (secondary N) is 1. The Bertz CT molecular complexity index is 966. The molecule has 0 saturated carbocycles. The van der Waals surface area contributed by atoms with Gasteiger partial charge in [0.05, 0.1) is 33.2 Å².